The first-order chi connectivity index (χ1) is 15.4. The highest BCUT2D eigenvalue weighted by Gasteiger charge is 2.85. The summed E-state index contributed by atoms with van der Waals surface area (Å²) in [5.74, 6) is 0.879. The Bertz CT molecular complexity index is 577. The Morgan fingerprint density at radius 3 is 1.62 bits per heavy atom. The molecule has 6 nitrogen and oxygen atoms in total. The zero-order valence-corrected chi connectivity index (χ0v) is 20.1. The quantitative estimate of drug-likeness (QED) is 0.0834. The van der Waals surface area contributed by atoms with Gasteiger partial charge in [-0.3, -0.25) is 4.52 Å². The molecule has 0 heterocycles. The third-order valence-corrected chi connectivity index (χ3v) is 7.20. The topological polar surface area (TPSA) is 96.2 Å². The van der Waals surface area contributed by atoms with E-state index in [2.05, 4.69) is 9.26 Å². The highest BCUT2D eigenvalue weighted by Crippen LogP contribution is 2.54. The van der Waals surface area contributed by atoms with Crippen LogP contribution in [0.3, 0.4) is 0 Å². The molecule has 0 aliphatic heterocycles. The van der Waals surface area contributed by atoms with Gasteiger partial charge in [0.1, 0.15) is 0 Å². The van der Waals surface area contributed by atoms with Crippen molar-refractivity contribution < 1.29 is 68.2 Å². The minimum atomic E-state index is -6.71. The molecule has 0 rings (SSSR count). The summed E-state index contributed by atoms with van der Waals surface area (Å²) in [7, 11) is -1.95. The zero-order chi connectivity index (χ0) is 26.7. The van der Waals surface area contributed by atoms with Crippen LogP contribution in [0.25, 0.3) is 0 Å². The fourth-order valence-electron chi connectivity index (χ4n) is 2.52. The number of alkyl halides is 9. The van der Waals surface area contributed by atoms with E-state index in [1.165, 1.54) is 21.6 Å². The molecule has 0 radical (unpaired) electrons. The fourth-order valence-corrected chi connectivity index (χ4v) is 5.14. The predicted molar refractivity (Wildman–Crippen MR) is 108 cm³/mol. The summed E-state index contributed by atoms with van der Waals surface area (Å²) >= 11 is 0. The number of unbranched alkanes of at least 4 members (excludes halogenated alkanes) is 6. The standard InChI is InChI=1S/C16H26F9O6PS2/c17-14(18,19)13(15(20,21)22,16(23,24)25)30-8-6-4-2-1-3-5-7-9-33-34-11-12(26)10-31-32(27,28)29/h12,26H,1-11H2,(H2,27,28,29). The molecule has 0 aliphatic rings. The molecule has 206 valence electrons. The molecular weight excluding hydrogens is 554 g/mol. The van der Waals surface area contributed by atoms with Gasteiger partial charge in [-0.2, -0.15) is 39.5 Å². The Morgan fingerprint density at radius 2 is 1.18 bits per heavy atom. The van der Waals surface area contributed by atoms with Crippen molar-refractivity contribution in [1.82, 2.24) is 0 Å². The van der Waals surface area contributed by atoms with Crippen LogP contribution in [0, 0.1) is 0 Å². The number of phosphoric acid groups is 1. The van der Waals surface area contributed by atoms with E-state index in [1.54, 1.807) is 0 Å². The van der Waals surface area contributed by atoms with Crippen molar-refractivity contribution in [2.45, 2.75) is 75.2 Å². The summed E-state index contributed by atoms with van der Waals surface area (Å²) in [5.41, 5.74) is -6.22. The van der Waals surface area contributed by atoms with Crippen LogP contribution in [-0.2, 0) is 13.8 Å². The molecule has 0 aromatic heterocycles. The van der Waals surface area contributed by atoms with Crippen LogP contribution in [0.4, 0.5) is 39.5 Å². The minimum absolute atomic E-state index is 0.100. The maximum atomic E-state index is 12.7. The summed E-state index contributed by atoms with van der Waals surface area (Å²) < 4.78 is 132. The van der Waals surface area contributed by atoms with Gasteiger partial charge in [0.15, 0.2) is 0 Å². The van der Waals surface area contributed by atoms with Gasteiger partial charge in [-0.25, -0.2) is 4.57 Å². The van der Waals surface area contributed by atoms with E-state index in [0.717, 1.165) is 12.8 Å². The van der Waals surface area contributed by atoms with Crippen molar-refractivity contribution >= 4 is 29.4 Å². The van der Waals surface area contributed by atoms with Crippen molar-refractivity contribution in [1.29, 1.82) is 0 Å². The van der Waals surface area contributed by atoms with Gasteiger partial charge in [-0.1, -0.05) is 53.7 Å². The molecule has 0 amide bonds. The minimum Gasteiger partial charge on any atom is -0.390 e. The molecule has 1 atom stereocenters. The normalized spacial score (nSPS) is 15.1. The Hall–Kier alpha value is 0.1000. The second-order valence-corrected chi connectivity index (χ2v) is 10.9. The number of aliphatic hydroxyl groups is 1. The molecule has 0 saturated carbocycles. The lowest BCUT2D eigenvalue weighted by atomic mass is 10.0. The zero-order valence-electron chi connectivity index (χ0n) is 17.6. The van der Waals surface area contributed by atoms with E-state index in [1.807, 2.05) is 0 Å². The van der Waals surface area contributed by atoms with Crippen LogP contribution in [-0.4, -0.2) is 69.8 Å². The fraction of sp³-hybridized carbons (Fsp3) is 1.00. The summed E-state index contributed by atoms with van der Waals surface area (Å²) in [6.45, 7) is -1.86. The van der Waals surface area contributed by atoms with Gasteiger partial charge in [0.2, 0.25) is 0 Å². The Balaban J connectivity index is 3.97. The third kappa shape index (κ3) is 12.4. The van der Waals surface area contributed by atoms with E-state index in [0.29, 0.717) is 25.0 Å². The number of phosphoric ester groups is 1. The van der Waals surface area contributed by atoms with Gasteiger partial charge in [0, 0.05) is 18.1 Å². The SMILES string of the molecule is O=P(O)(O)OCC(O)CSSCCCCCCCCCOC(C(F)(F)F)(C(F)(F)F)C(F)(F)F. The van der Waals surface area contributed by atoms with Gasteiger partial charge in [-0.05, 0) is 12.8 Å². The molecule has 0 aromatic rings. The Labute approximate surface area is 198 Å². The number of halogens is 9. The van der Waals surface area contributed by atoms with E-state index in [9.17, 15) is 49.2 Å². The summed E-state index contributed by atoms with van der Waals surface area (Å²) in [5, 5.41) is 9.46. The number of aliphatic hydroxyl groups excluding tert-OH is 1. The lowest BCUT2D eigenvalue weighted by molar-refractivity contribution is -0.457. The maximum Gasteiger partial charge on any atom is 0.469 e. The molecule has 0 aliphatic carbocycles. The first-order valence-corrected chi connectivity index (χ1v) is 13.8. The molecule has 34 heavy (non-hydrogen) atoms. The number of ether oxygens (including phenoxy) is 1. The molecular formula is C16H26F9O6PS2. The van der Waals surface area contributed by atoms with Crippen molar-refractivity contribution in [3.63, 3.8) is 0 Å². The molecule has 0 fully saturated rings. The van der Waals surface area contributed by atoms with E-state index >= 15 is 0 Å². The first-order valence-electron chi connectivity index (χ1n) is 9.82. The van der Waals surface area contributed by atoms with Gasteiger partial charge in [0.05, 0.1) is 12.7 Å². The van der Waals surface area contributed by atoms with Crippen LogP contribution < -0.4 is 0 Å². The van der Waals surface area contributed by atoms with Crippen LogP contribution >= 0.6 is 29.4 Å². The van der Waals surface area contributed by atoms with Crippen LogP contribution in [0.2, 0.25) is 0 Å². The molecule has 0 spiro atoms. The van der Waals surface area contributed by atoms with Crippen molar-refractivity contribution in [2.75, 3.05) is 24.7 Å². The Morgan fingerprint density at radius 1 is 0.735 bits per heavy atom. The summed E-state index contributed by atoms with van der Waals surface area (Å²) in [6, 6.07) is 0. The molecule has 0 bridgehead atoms. The lowest BCUT2D eigenvalue weighted by Gasteiger charge is -2.38. The monoisotopic (exact) mass is 580 g/mol. The maximum absolute atomic E-state index is 12.7. The highest BCUT2D eigenvalue weighted by atomic mass is 33.1. The van der Waals surface area contributed by atoms with E-state index < -0.39 is 57.7 Å². The summed E-state index contributed by atoms with van der Waals surface area (Å²) in [6.07, 6.45) is -18.3. The largest absolute Gasteiger partial charge is 0.469 e. The first kappa shape index (κ1) is 34.1. The van der Waals surface area contributed by atoms with Gasteiger partial charge < -0.3 is 19.6 Å². The molecule has 3 N–H and O–H groups in total. The smallest absolute Gasteiger partial charge is 0.390 e. The number of hydrogen-bond acceptors (Lipinski definition) is 6. The molecule has 0 aromatic carbocycles. The second-order valence-electron chi connectivity index (χ2n) is 7.04. The van der Waals surface area contributed by atoms with Crippen molar-refractivity contribution in [3.8, 4) is 0 Å². The van der Waals surface area contributed by atoms with E-state index in [4.69, 9.17) is 9.79 Å². The second kappa shape index (κ2) is 14.7. The van der Waals surface area contributed by atoms with Gasteiger partial charge >= 0.3 is 32.0 Å². The molecule has 1 unspecified atom stereocenters. The number of hydrogen-bond donors (Lipinski definition) is 3. The van der Waals surface area contributed by atoms with Crippen molar-refractivity contribution in [2.24, 2.45) is 0 Å². The van der Waals surface area contributed by atoms with E-state index in [-0.39, 0.29) is 12.2 Å². The number of rotatable bonds is 17. The molecule has 18 heteroatoms. The highest BCUT2D eigenvalue weighted by molar-refractivity contribution is 8.76. The lowest BCUT2D eigenvalue weighted by Crippen LogP contribution is -2.67. The van der Waals surface area contributed by atoms with Crippen LogP contribution in [0.1, 0.15) is 44.9 Å². The Kier molecular flexibility index (Phi) is 14.8. The average Bonchev–Trinajstić information content (AvgIpc) is 2.62. The van der Waals surface area contributed by atoms with Crippen molar-refractivity contribution in [3.05, 3.63) is 0 Å². The average molecular weight is 580 g/mol. The van der Waals surface area contributed by atoms with Gasteiger partial charge in [0.25, 0.3) is 0 Å². The van der Waals surface area contributed by atoms with Gasteiger partial charge in [-0.15, -0.1) is 0 Å². The third-order valence-electron chi connectivity index (χ3n) is 4.17. The predicted octanol–water partition coefficient (Wildman–Crippen LogP) is 6.01. The molecule has 0 saturated heterocycles. The van der Waals surface area contributed by atoms with Crippen LogP contribution in [0.15, 0.2) is 0 Å². The van der Waals surface area contributed by atoms with Crippen LogP contribution in [0.5, 0.6) is 0 Å². The summed E-state index contributed by atoms with van der Waals surface area (Å²) in [4.78, 5) is 17.0.